The lowest BCUT2D eigenvalue weighted by molar-refractivity contribution is 0.558. The van der Waals surface area contributed by atoms with E-state index in [1.165, 1.54) is 0 Å². The van der Waals surface area contributed by atoms with E-state index in [4.69, 9.17) is 4.42 Å². The molecule has 3 rings (SSSR count). The molecule has 0 unspecified atom stereocenters. The summed E-state index contributed by atoms with van der Waals surface area (Å²) < 4.78 is 5.28. The molecule has 0 saturated carbocycles. The molecule has 0 aliphatic rings. The van der Waals surface area contributed by atoms with Gasteiger partial charge >= 0.3 is 5.63 Å². The van der Waals surface area contributed by atoms with E-state index in [2.05, 4.69) is 4.98 Å². The summed E-state index contributed by atoms with van der Waals surface area (Å²) in [4.78, 5) is 16.3. The van der Waals surface area contributed by atoms with Crippen molar-refractivity contribution >= 4 is 11.1 Å². The van der Waals surface area contributed by atoms with Crippen molar-refractivity contribution in [3.05, 3.63) is 64.5 Å². The monoisotopic (exact) mass is 237 g/mol. The highest BCUT2D eigenvalue weighted by atomic mass is 16.4. The lowest BCUT2D eigenvalue weighted by atomic mass is 10.1. The van der Waals surface area contributed by atoms with Gasteiger partial charge in [0.15, 0.2) is 11.3 Å². The Morgan fingerprint density at radius 2 is 1.83 bits per heavy atom. The highest BCUT2D eigenvalue weighted by molar-refractivity contribution is 5.75. The Bertz CT molecular complexity index is 760. The van der Waals surface area contributed by atoms with Gasteiger partial charge < -0.3 is 4.42 Å². The molecular formula is C15H11NO2. The van der Waals surface area contributed by atoms with E-state index in [-0.39, 0.29) is 0 Å². The zero-order chi connectivity index (χ0) is 12.5. The standard InChI is InChI=1S/C15H11NO2/c1-10-7-8-13-12(9-10)16-14(15(17)18-13)11-5-3-2-4-6-11/h2-9H,1H3. The van der Waals surface area contributed by atoms with Gasteiger partial charge in [-0.2, -0.15) is 0 Å². The molecule has 88 valence electrons. The lowest BCUT2D eigenvalue weighted by Gasteiger charge is -2.02. The van der Waals surface area contributed by atoms with Crippen LogP contribution in [-0.2, 0) is 0 Å². The Kier molecular flexibility index (Phi) is 2.45. The van der Waals surface area contributed by atoms with Crippen molar-refractivity contribution in [1.29, 1.82) is 0 Å². The van der Waals surface area contributed by atoms with Gasteiger partial charge in [0.2, 0.25) is 0 Å². The molecule has 2 aromatic carbocycles. The second kappa shape index (κ2) is 4.11. The van der Waals surface area contributed by atoms with Gasteiger partial charge in [-0.1, -0.05) is 36.4 Å². The molecule has 0 saturated heterocycles. The molecular weight excluding hydrogens is 226 g/mol. The van der Waals surface area contributed by atoms with Crippen LogP contribution in [0.1, 0.15) is 5.56 Å². The van der Waals surface area contributed by atoms with E-state index in [0.717, 1.165) is 11.1 Å². The van der Waals surface area contributed by atoms with Crippen LogP contribution in [0.4, 0.5) is 0 Å². The fourth-order valence-corrected chi connectivity index (χ4v) is 1.89. The summed E-state index contributed by atoms with van der Waals surface area (Å²) in [5.74, 6) is 0. The van der Waals surface area contributed by atoms with Crippen LogP contribution < -0.4 is 5.63 Å². The molecule has 3 nitrogen and oxygen atoms in total. The van der Waals surface area contributed by atoms with E-state index in [9.17, 15) is 4.79 Å². The minimum absolute atomic E-state index is 0.355. The van der Waals surface area contributed by atoms with Crippen molar-refractivity contribution in [1.82, 2.24) is 4.98 Å². The molecule has 1 aromatic heterocycles. The van der Waals surface area contributed by atoms with Crippen LogP contribution in [0.3, 0.4) is 0 Å². The average Bonchev–Trinajstić information content (AvgIpc) is 2.39. The van der Waals surface area contributed by atoms with Crippen LogP contribution >= 0.6 is 0 Å². The summed E-state index contributed by atoms with van der Waals surface area (Å²) in [5.41, 5.74) is 3.03. The lowest BCUT2D eigenvalue weighted by Crippen LogP contribution is -2.05. The Labute approximate surface area is 104 Å². The third kappa shape index (κ3) is 1.80. The minimum Gasteiger partial charge on any atom is -0.419 e. The summed E-state index contributed by atoms with van der Waals surface area (Å²) in [5, 5.41) is 0. The van der Waals surface area contributed by atoms with Gasteiger partial charge in [-0.3, -0.25) is 0 Å². The van der Waals surface area contributed by atoms with E-state index in [0.29, 0.717) is 16.8 Å². The molecule has 0 spiro atoms. The van der Waals surface area contributed by atoms with Crippen molar-refractivity contribution in [2.75, 3.05) is 0 Å². The van der Waals surface area contributed by atoms with E-state index in [1.54, 1.807) is 6.07 Å². The first-order valence-corrected chi connectivity index (χ1v) is 5.71. The number of aromatic nitrogens is 1. The molecule has 18 heavy (non-hydrogen) atoms. The molecule has 0 amide bonds. The van der Waals surface area contributed by atoms with E-state index in [1.807, 2.05) is 49.4 Å². The van der Waals surface area contributed by atoms with Crippen molar-refractivity contribution in [2.24, 2.45) is 0 Å². The molecule has 1 heterocycles. The smallest absolute Gasteiger partial charge is 0.363 e. The number of nitrogens with zero attached hydrogens (tertiary/aromatic N) is 1. The molecule has 3 aromatic rings. The first-order chi connectivity index (χ1) is 8.74. The van der Waals surface area contributed by atoms with Crippen molar-refractivity contribution in [3.8, 4) is 11.3 Å². The molecule has 0 aliphatic carbocycles. The molecule has 0 atom stereocenters. The Morgan fingerprint density at radius 3 is 2.61 bits per heavy atom. The first kappa shape index (κ1) is 10.7. The van der Waals surface area contributed by atoms with E-state index >= 15 is 0 Å². The summed E-state index contributed by atoms with van der Waals surface area (Å²) >= 11 is 0. The van der Waals surface area contributed by atoms with Crippen LogP contribution in [0.25, 0.3) is 22.4 Å². The number of hydrogen-bond donors (Lipinski definition) is 0. The van der Waals surface area contributed by atoms with Crippen molar-refractivity contribution in [3.63, 3.8) is 0 Å². The van der Waals surface area contributed by atoms with Crippen LogP contribution in [0, 0.1) is 6.92 Å². The third-order valence-electron chi connectivity index (χ3n) is 2.79. The normalized spacial score (nSPS) is 10.7. The van der Waals surface area contributed by atoms with Gasteiger partial charge in [0.05, 0.1) is 0 Å². The molecule has 0 N–H and O–H groups in total. The van der Waals surface area contributed by atoms with Crippen molar-refractivity contribution < 1.29 is 4.42 Å². The second-order valence-electron chi connectivity index (χ2n) is 4.19. The molecule has 0 bridgehead atoms. The average molecular weight is 237 g/mol. The van der Waals surface area contributed by atoms with Crippen LogP contribution in [-0.4, -0.2) is 4.98 Å². The molecule has 0 radical (unpaired) electrons. The number of rotatable bonds is 1. The number of aryl methyl sites for hydroxylation is 1. The summed E-state index contributed by atoms with van der Waals surface area (Å²) in [6.07, 6.45) is 0. The number of fused-ring (bicyclic) bond motifs is 1. The van der Waals surface area contributed by atoms with Gasteiger partial charge in [0, 0.05) is 5.56 Å². The zero-order valence-corrected chi connectivity index (χ0v) is 9.88. The molecule has 0 fully saturated rings. The first-order valence-electron chi connectivity index (χ1n) is 5.71. The second-order valence-corrected chi connectivity index (χ2v) is 4.19. The predicted molar refractivity (Wildman–Crippen MR) is 70.5 cm³/mol. The molecule has 3 heteroatoms. The Hall–Kier alpha value is -2.42. The fraction of sp³-hybridized carbons (Fsp3) is 0.0667. The summed E-state index contributed by atoms with van der Waals surface area (Å²) in [7, 11) is 0. The van der Waals surface area contributed by atoms with Gasteiger partial charge in [0.25, 0.3) is 0 Å². The zero-order valence-electron chi connectivity index (χ0n) is 9.88. The largest absolute Gasteiger partial charge is 0.419 e. The van der Waals surface area contributed by atoms with Crippen LogP contribution in [0.2, 0.25) is 0 Å². The highest BCUT2D eigenvalue weighted by Crippen LogP contribution is 2.17. The van der Waals surface area contributed by atoms with Gasteiger partial charge in [-0.25, -0.2) is 9.78 Å². The fourth-order valence-electron chi connectivity index (χ4n) is 1.89. The number of benzene rings is 2. The molecule has 0 aliphatic heterocycles. The maximum absolute atomic E-state index is 11.9. The third-order valence-corrected chi connectivity index (χ3v) is 2.79. The van der Waals surface area contributed by atoms with Crippen LogP contribution in [0.5, 0.6) is 0 Å². The highest BCUT2D eigenvalue weighted by Gasteiger charge is 2.08. The Morgan fingerprint density at radius 1 is 1.06 bits per heavy atom. The number of hydrogen-bond acceptors (Lipinski definition) is 3. The minimum atomic E-state index is -0.405. The predicted octanol–water partition coefficient (Wildman–Crippen LogP) is 3.16. The van der Waals surface area contributed by atoms with Crippen molar-refractivity contribution in [2.45, 2.75) is 6.92 Å². The SMILES string of the molecule is Cc1ccc2oc(=O)c(-c3ccccc3)nc2c1. The topological polar surface area (TPSA) is 43.1 Å². The quantitative estimate of drug-likeness (QED) is 0.653. The summed E-state index contributed by atoms with van der Waals surface area (Å²) in [6, 6.07) is 14.9. The van der Waals surface area contributed by atoms with Gasteiger partial charge in [-0.05, 0) is 24.6 Å². The van der Waals surface area contributed by atoms with E-state index < -0.39 is 5.63 Å². The maximum Gasteiger partial charge on any atom is 0.363 e. The Balaban J connectivity index is 2.31. The van der Waals surface area contributed by atoms with Gasteiger partial charge in [-0.15, -0.1) is 0 Å². The maximum atomic E-state index is 11.9. The van der Waals surface area contributed by atoms with Gasteiger partial charge in [0.1, 0.15) is 5.52 Å². The summed E-state index contributed by atoms with van der Waals surface area (Å²) in [6.45, 7) is 1.98. The van der Waals surface area contributed by atoms with Crippen LogP contribution in [0.15, 0.2) is 57.7 Å².